The van der Waals surface area contributed by atoms with E-state index in [1.54, 1.807) is 11.9 Å². The van der Waals surface area contributed by atoms with Crippen molar-refractivity contribution in [3.8, 4) is 0 Å². The Morgan fingerprint density at radius 3 is 2.80 bits per heavy atom. The van der Waals surface area contributed by atoms with Crippen molar-refractivity contribution in [3.63, 3.8) is 0 Å². The van der Waals surface area contributed by atoms with Crippen LogP contribution in [0.1, 0.15) is 0 Å². The minimum absolute atomic E-state index is 0.0627. The first-order chi connectivity index (χ1) is 4.68. The molecule has 0 aromatic heterocycles. The SMILES string of the molecule is [CH2]COCCN(C)C(=N)N. The van der Waals surface area contributed by atoms with Crippen molar-refractivity contribution >= 4 is 5.96 Å². The van der Waals surface area contributed by atoms with Gasteiger partial charge in [0.1, 0.15) is 0 Å². The van der Waals surface area contributed by atoms with Gasteiger partial charge in [0.05, 0.1) is 6.61 Å². The Labute approximate surface area is 61.5 Å². The van der Waals surface area contributed by atoms with Crippen LogP contribution in [0, 0.1) is 12.3 Å². The zero-order valence-corrected chi connectivity index (χ0v) is 6.26. The van der Waals surface area contributed by atoms with Crippen LogP contribution in [0.5, 0.6) is 0 Å². The molecule has 0 atom stereocenters. The van der Waals surface area contributed by atoms with Crippen LogP contribution in [-0.2, 0) is 4.74 Å². The molecule has 0 fully saturated rings. The highest BCUT2D eigenvalue weighted by Gasteiger charge is 1.96. The van der Waals surface area contributed by atoms with E-state index in [1.807, 2.05) is 0 Å². The molecule has 0 saturated heterocycles. The van der Waals surface area contributed by atoms with Crippen molar-refractivity contribution < 1.29 is 4.74 Å². The van der Waals surface area contributed by atoms with Crippen molar-refractivity contribution in [1.29, 1.82) is 5.41 Å². The molecule has 0 aromatic rings. The summed E-state index contributed by atoms with van der Waals surface area (Å²) in [5.74, 6) is 0.0627. The van der Waals surface area contributed by atoms with Crippen LogP contribution >= 0.6 is 0 Å². The maximum Gasteiger partial charge on any atom is 0.188 e. The number of hydrogen-bond donors (Lipinski definition) is 2. The van der Waals surface area contributed by atoms with E-state index >= 15 is 0 Å². The Hall–Kier alpha value is -0.770. The number of hydrogen-bond acceptors (Lipinski definition) is 2. The Kier molecular flexibility index (Phi) is 4.66. The molecule has 0 saturated carbocycles. The third-order valence-corrected chi connectivity index (χ3v) is 1.13. The van der Waals surface area contributed by atoms with E-state index in [2.05, 4.69) is 6.92 Å². The summed E-state index contributed by atoms with van der Waals surface area (Å²) in [6, 6.07) is 0. The molecule has 0 aliphatic carbocycles. The highest BCUT2D eigenvalue weighted by atomic mass is 16.5. The molecule has 0 heterocycles. The zero-order valence-electron chi connectivity index (χ0n) is 6.26. The summed E-state index contributed by atoms with van der Waals surface area (Å²) >= 11 is 0. The largest absolute Gasteiger partial charge is 0.380 e. The number of ether oxygens (including phenoxy) is 1. The van der Waals surface area contributed by atoms with Gasteiger partial charge >= 0.3 is 0 Å². The van der Waals surface area contributed by atoms with Crippen LogP contribution in [0.2, 0.25) is 0 Å². The lowest BCUT2D eigenvalue weighted by Gasteiger charge is -2.15. The summed E-state index contributed by atoms with van der Waals surface area (Å²) in [6.45, 7) is 5.18. The summed E-state index contributed by atoms with van der Waals surface area (Å²) < 4.78 is 4.95. The molecule has 0 aliphatic heterocycles. The lowest BCUT2D eigenvalue weighted by Crippen LogP contribution is -2.35. The topological polar surface area (TPSA) is 62.3 Å². The molecular weight excluding hydrogens is 130 g/mol. The zero-order chi connectivity index (χ0) is 7.98. The molecular formula is C6H14N3O. The number of guanidine groups is 1. The molecule has 0 spiro atoms. The Morgan fingerprint density at radius 1 is 1.80 bits per heavy atom. The maximum atomic E-state index is 6.97. The van der Waals surface area contributed by atoms with Crippen molar-refractivity contribution in [3.05, 3.63) is 6.92 Å². The molecule has 3 N–H and O–H groups in total. The fraction of sp³-hybridized carbons (Fsp3) is 0.667. The fourth-order valence-electron chi connectivity index (χ4n) is 0.424. The van der Waals surface area contributed by atoms with E-state index in [1.165, 1.54) is 0 Å². The van der Waals surface area contributed by atoms with Gasteiger partial charge < -0.3 is 15.4 Å². The number of rotatable bonds is 4. The van der Waals surface area contributed by atoms with Crippen molar-refractivity contribution in [2.45, 2.75) is 0 Å². The third kappa shape index (κ3) is 4.14. The van der Waals surface area contributed by atoms with E-state index in [4.69, 9.17) is 15.9 Å². The third-order valence-electron chi connectivity index (χ3n) is 1.13. The monoisotopic (exact) mass is 144 g/mol. The molecule has 10 heavy (non-hydrogen) atoms. The average Bonchev–Trinajstić information content (AvgIpc) is 1.88. The Morgan fingerprint density at radius 2 is 2.40 bits per heavy atom. The second-order valence-corrected chi connectivity index (χ2v) is 1.92. The Balaban J connectivity index is 3.21. The molecule has 0 aliphatic rings. The van der Waals surface area contributed by atoms with Crippen molar-refractivity contribution in [2.75, 3.05) is 26.8 Å². The number of nitrogens with two attached hydrogens (primary N) is 1. The molecule has 4 nitrogen and oxygen atoms in total. The predicted octanol–water partition coefficient (Wildman–Crippen LogP) is -0.338. The first-order valence-electron chi connectivity index (χ1n) is 3.10. The van der Waals surface area contributed by atoms with Crippen molar-refractivity contribution in [1.82, 2.24) is 4.90 Å². The number of likely N-dealkylation sites (N-methyl/N-ethyl adjacent to an activating group) is 1. The van der Waals surface area contributed by atoms with E-state index in [-0.39, 0.29) is 5.96 Å². The summed E-state index contributed by atoms with van der Waals surface area (Å²) in [7, 11) is 1.74. The molecule has 0 rings (SSSR count). The van der Waals surface area contributed by atoms with Gasteiger partial charge in [-0.15, -0.1) is 0 Å². The summed E-state index contributed by atoms with van der Waals surface area (Å²) in [4.78, 5) is 1.61. The van der Waals surface area contributed by atoms with Crippen LogP contribution in [-0.4, -0.2) is 37.7 Å². The summed E-state index contributed by atoms with van der Waals surface area (Å²) in [6.07, 6.45) is 0. The average molecular weight is 144 g/mol. The molecule has 1 radical (unpaired) electrons. The van der Waals surface area contributed by atoms with Gasteiger partial charge in [0.25, 0.3) is 0 Å². The van der Waals surface area contributed by atoms with Gasteiger partial charge in [-0.25, -0.2) is 0 Å². The van der Waals surface area contributed by atoms with Crippen LogP contribution in [0.15, 0.2) is 0 Å². The number of nitrogens with one attached hydrogen (secondary N) is 1. The molecule has 0 unspecified atom stereocenters. The second-order valence-electron chi connectivity index (χ2n) is 1.92. The molecule has 4 heteroatoms. The van der Waals surface area contributed by atoms with Gasteiger partial charge in [0, 0.05) is 20.2 Å². The standard InChI is InChI=1S/C6H14N3O/c1-3-10-5-4-9(2)6(7)8/h1,3-5H2,2H3,(H3,7,8). The van der Waals surface area contributed by atoms with Gasteiger partial charge in [-0.1, -0.05) is 0 Å². The predicted molar refractivity (Wildman–Crippen MR) is 40.7 cm³/mol. The highest BCUT2D eigenvalue weighted by molar-refractivity contribution is 5.74. The molecule has 59 valence electrons. The molecule has 0 amide bonds. The van der Waals surface area contributed by atoms with Crippen LogP contribution in [0.4, 0.5) is 0 Å². The first-order valence-corrected chi connectivity index (χ1v) is 3.10. The van der Waals surface area contributed by atoms with Crippen molar-refractivity contribution in [2.24, 2.45) is 5.73 Å². The number of nitrogens with zero attached hydrogens (tertiary/aromatic N) is 1. The van der Waals surface area contributed by atoms with E-state index < -0.39 is 0 Å². The van der Waals surface area contributed by atoms with Gasteiger partial charge in [0.15, 0.2) is 5.96 Å². The van der Waals surface area contributed by atoms with Gasteiger partial charge in [-0.2, -0.15) is 0 Å². The Bertz CT molecular complexity index is 105. The highest BCUT2D eigenvalue weighted by Crippen LogP contribution is 1.80. The van der Waals surface area contributed by atoms with E-state index in [0.29, 0.717) is 19.8 Å². The van der Waals surface area contributed by atoms with Gasteiger partial charge in [-0.05, 0) is 6.92 Å². The lowest BCUT2D eigenvalue weighted by atomic mass is 10.6. The van der Waals surface area contributed by atoms with Crippen LogP contribution in [0.25, 0.3) is 0 Å². The van der Waals surface area contributed by atoms with Crippen LogP contribution in [0.3, 0.4) is 0 Å². The summed E-state index contributed by atoms with van der Waals surface area (Å²) in [5, 5.41) is 6.97. The molecule has 0 aromatic carbocycles. The van der Waals surface area contributed by atoms with E-state index in [0.717, 1.165) is 0 Å². The van der Waals surface area contributed by atoms with E-state index in [9.17, 15) is 0 Å². The maximum absolute atomic E-state index is 6.97. The fourth-order valence-corrected chi connectivity index (χ4v) is 0.424. The van der Waals surface area contributed by atoms with Gasteiger partial charge in [-0.3, -0.25) is 5.41 Å². The first kappa shape index (κ1) is 9.23. The second kappa shape index (κ2) is 5.05. The van der Waals surface area contributed by atoms with Gasteiger partial charge in [0.2, 0.25) is 0 Å². The normalized spacial score (nSPS) is 9.40. The smallest absolute Gasteiger partial charge is 0.188 e. The minimum atomic E-state index is 0.0627. The molecule has 0 bridgehead atoms. The van der Waals surface area contributed by atoms with Crippen LogP contribution < -0.4 is 5.73 Å². The lowest BCUT2D eigenvalue weighted by molar-refractivity contribution is 0.148. The summed E-state index contributed by atoms with van der Waals surface area (Å²) in [5.41, 5.74) is 5.16. The quantitative estimate of drug-likeness (QED) is 0.322. The minimum Gasteiger partial charge on any atom is -0.380 e.